The number of hydrogen-bond donors (Lipinski definition) is 2. The van der Waals surface area contributed by atoms with Crippen molar-refractivity contribution >= 4 is 5.91 Å². The Morgan fingerprint density at radius 3 is 1.59 bits per heavy atom. The highest BCUT2D eigenvalue weighted by molar-refractivity contribution is 5.82. The van der Waals surface area contributed by atoms with Gasteiger partial charge in [-0.1, -0.05) is 38.1 Å². The van der Waals surface area contributed by atoms with Crippen LogP contribution in [-0.2, 0) is 4.79 Å². The molecule has 0 saturated heterocycles. The van der Waals surface area contributed by atoms with Crippen molar-refractivity contribution in [1.29, 1.82) is 0 Å². The molecule has 2 aromatic rings. The molecule has 0 heterocycles. The smallest absolute Gasteiger partial charge is 0.237 e. The fourth-order valence-electron chi connectivity index (χ4n) is 3.10. The largest absolute Gasteiger partial charge is 0.497 e. The minimum absolute atomic E-state index is 0.0230. The SMILES string of the molecule is COc1ccc(C(c2ccc(OC)cc2)[C@H](C)NC(=O)[C@@H](N)C(C)C)cc1. The number of nitrogens with two attached hydrogens (primary N) is 1. The Morgan fingerprint density at radius 2 is 1.26 bits per heavy atom. The number of carbonyl (C=O) groups excluding carboxylic acids is 1. The van der Waals surface area contributed by atoms with Crippen molar-refractivity contribution in [3.63, 3.8) is 0 Å². The number of hydrogen-bond acceptors (Lipinski definition) is 4. The van der Waals surface area contributed by atoms with Gasteiger partial charge in [-0.15, -0.1) is 0 Å². The van der Waals surface area contributed by atoms with Gasteiger partial charge in [0, 0.05) is 12.0 Å². The highest BCUT2D eigenvalue weighted by Crippen LogP contribution is 2.30. The molecule has 0 aliphatic heterocycles. The minimum Gasteiger partial charge on any atom is -0.497 e. The zero-order valence-corrected chi connectivity index (χ0v) is 16.7. The first-order valence-electron chi connectivity index (χ1n) is 9.21. The lowest BCUT2D eigenvalue weighted by Crippen LogP contribution is -2.48. The second-order valence-electron chi connectivity index (χ2n) is 7.09. The maximum absolute atomic E-state index is 12.5. The maximum Gasteiger partial charge on any atom is 0.237 e. The highest BCUT2D eigenvalue weighted by atomic mass is 16.5. The molecule has 1 amide bonds. The van der Waals surface area contributed by atoms with E-state index in [-0.39, 0.29) is 23.8 Å². The molecule has 2 aromatic carbocycles. The molecule has 27 heavy (non-hydrogen) atoms. The molecule has 146 valence electrons. The van der Waals surface area contributed by atoms with Gasteiger partial charge in [0.1, 0.15) is 11.5 Å². The maximum atomic E-state index is 12.5. The van der Waals surface area contributed by atoms with E-state index in [1.807, 2.05) is 69.3 Å². The van der Waals surface area contributed by atoms with Crippen molar-refractivity contribution in [3.05, 3.63) is 59.7 Å². The van der Waals surface area contributed by atoms with E-state index in [4.69, 9.17) is 15.2 Å². The van der Waals surface area contributed by atoms with E-state index in [0.717, 1.165) is 22.6 Å². The fraction of sp³-hybridized carbons (Fsp3) is 0.409. The number of carbonyl (C=O) groups is 1. The van der Waals surface area contributed by atoms with E-state index in [1.165, 1.54) is 0 Å². The lowest BCUT2D eigenvalue weighted by Gasteiger charge is -2.28. The quantitative estimate of drug-likeness (QED) is 0.748. The highest BCUT2D eigenvalue weighted by Gasteiger charge is 2.26. The number of amides is 1. The van der Waals surface area contributed by atoms with Crippen LogP contribution in [0.25, 0.3) is 0 Å². The summed E-state index contributed by atoms with van der Waals surface area (Å²) < 4.78 is 10.5. The Morgan fingerprint density at radius 1 is 0.852 bits per heavy atom. The van der Waals surface area contributed by atoms with Crippen molar-refractivity contribution in [3.8, 4) is 11.5 Å². The van der Waals surface area contributed by atoms with E-state index in [9.17, 15) is 4.79 Å². The summed E-state index contributed by atoms with van der Waals surface area (Å²) in [4.78, 5) is 12.5. The van der Waals surface area contributed by atoms with Crippen molar-refractivity contribution in [2.45, 2.75) is 38.8 Å². The third-order valence-electron chi connectivity index (χ3n) is 4.84. The summed E-state index contributed by atoms with van der Waals surface area (Å²) in [6.45, 7) is 5.89. The number of benzene rings is 2. The summed E-state index contributed by atoms with van der Waals surface area (Å²) >= 11 is 0. The van der Waals surface area contributed by atoms with E-state index in [2.05, 4.69) is 5.32 Å². The predicted octanol–water partition coefficient (Wildman–Crippen LogP) is 3.32. The number of methoxy groups -OCH3 is 2. The first-order valence-corrected chi connectivity index (χ1v) is 9.21. The molecule has 5 nitrogen and oxygen atoms in total. The zero-order valence-electron chi connectivity index (χ0n) is 16.7. The van der Waals surface area contributed by atoms with Crippen molar-refractivity contribution in [1.82, 2.24) is 5.32 Å². The summed E-state index contributed by atoms with van der Waals surface area (Å²) in [6, 6.07) is 15.2. The van der Waals surface area contributed by atoms with Crippen molar-refractivity contribution in [2.24, 2.45) is 11.7 Å². The van der Waals surface area contributed by atoms with E-state index < -0.39 is 6.04 Å². The molecule has 2 atom stereocenters. The van der Waals surface area contributed by atoms with Gasteiger partial charge in [0.05, 0.1) is 20.3 Å². The molecule has 0 aliphatic rings. The first kappa shape index (κ1) is 20.8. The third kappa shape index (κ3) is 5.23. The Labute approximate surface area is 161 Å². The van der Waals surface area contributed by atoms with Crippen LogP contribution in [0.15, 0.2) is 48.5 Å². The average Bonchev–Trinajstić information content (AvgIpc) is 2.68. The van der Waals surface area contributed by atoms with E-state index in [0.29, 0.717) is 0 Å². The summed E-state index contributed by atoms with van der Waals surface area (Å²) in [5, 5.41) is 3.09. The molecular formula is C22H30N2O3. The van der Waals surface area contributed by atoms with Crippen LogP contribution in [0.2, 0.25) is 0 Å². The van der Waals surface area contributed by atoms with Crippen LogP contribution in [0, 0.1) is 5.92 Å². The van der Waals surface area contributed by atoms with Crippen LogP contribution in [0.5, 0.6) is 11.5 Å². The fourth-order valence-corrected chi connectivity index (χ4v) is 3.10. The standard InChI is InChI=1S/C22H30N2O3/c1-14(2)21(23)22(25)24-15(3)20(16-6-10-18(26-4)11-7-16)17-8-12-19(27-5)13-9-17/h6-15,20-21H,23H2,1-5H3,(H,24,25)/t15-,21-/m0/s1. The molecule has 2 rings (SSSR count). The number of rotatable bonds is 8. The molecule has 0 spiro atoms. The van der Waals surface area contributed by atoms with Gasteiger partial charge < -0.3 is 20.5 Å². The van der Waals surface area contributed by atoms with Crippen LogP contribution in [-0.4, -0.2) is 32.2 Å². The summed E-state index contributed by atoms with van der Waals surface area (Å²) in [5.74, 6) is 1.52. The Kier molecular flexibility index (Phi) is 7.25. The molecular weight excluding hydrogens is 340 g/mol. The average molecular weight is 370 g/mol. The molecule has 5 heteroatoms. The predicted molar refractivity (Wildman–Crippen MR) is 108 cm³/mol. The lowest BCUT2D eigenvalue weighted by molar-refractivity contribution is -0.123. The summed E-state index contributed by atoms with van der Waals surface area (Å²) in [6.07, 6.45) is 0. The van der Waals surface area contributed by atoms with Crippen molar-refractivity contribution < 1.29 is 14.3 Å². The topological polar surface area (TPSA) is 73.6 Å². The summed E-state index contributed by atoms with van der Waals surface area (Å²) in [7, 11) is 3.29. The normalized spacial score (nSPS) is 13.3. The second kappa shape index (κ2) is 9.42. The van der Waals surface area contributed by atoms with Gasteiger partial charge in [-0.2, -0.15) is 0 Å². The molecule has 0 unspecified atom stereocenters. The van der Waals surface area contributed by atoms with Crippen LogP contribution in [0.1, 0.15) is 37.8 Å². The number of nitrogens with one attached hydrogen (secondary N) is 1. The van der Waals surface area contributed by atoms with Crippen LogP contribution < -0.4 is 20.5 Å². The molecule has 3 N–H and O–H groups in total. The van der Waals surface area contributed by atoms with Gasteiger partial charge in [-0.05, 0) is 48.2 Å². The van der Waals surface area contributed by atoms with Gasteiger partial charge in [-0.3, -0.25) is 4.79 Å². The van der Waals surface area contributed by atoms with Crippen LogP contribution in [0.3, 0.4) is 0 Å². The molecule has 0 fully saturated rings. The molecule has 0 bridgehead atoms. The monoisotopic (exact) mass is 370 g/mol. The van der Waals surface area contributed by atoms with E-state index >= 15 is 0 Å². The summed E-state index contributed by atoms with van der Waals surface area (Å²) in [5.41, 5.74) is 8.20. The number of ether oxygens (including phenoxy) is 2. The van der Waals surface area contributed by atoms with E-state index in [1.54, 1.807) is 14.2 Å². The Bertz CT molecular complexity index is 679. The molecule has 0 saturated carbocycles. The first-order chi connectivity index (χ1) is 12.9. The van der Waals surface area contributed by atoms with Gasteiger partial charge in [0.25, 0.3) is 0 Å². The Balaban J connectivity index is 2.33. The minimum atomic E-state index is -0.528. The third-order valence-corrected chi connectivity index (χ3v) is 4.84. The van der Waals surface area contributed by atoms with Gasteiger partial charge in [0.15, 0.2) is 0 Å². The van der Waals surface area contributed by atoms with Gasteiger partial charge in [-0.25, -0.2) is 0 Å². The molecule has 0 aliphatic carbocycles. The Hall–Kier alpha value is -2.53. The van der Waals surface area contributed by atoms with Crippen LogP contribution >= 0.6 is 0 Å². The zero-order chi connectivity index (χ0) is 20.0. The van der Waals surface area contributed by atoms with Gasteiger partial charge in [0.2, 0.25) is 5.91 Å². The van der Waals surface area contributed by atoms with Gasteiger partial charge >= 0.3 is 0 Å². The lowest BCUT2D eigenvalue weighted by atomic mass is 9.85. The molecule has 0 aromatic heterocycles. The van der Waals surface area contributed by atoms with Crippen molar-refractivity contribution in [2.75, 3.05) is 14.2 Å². The van der Waals surface area contributed by atoms with Crippen LogP contribution in [0.4, 0.5) is 0 Å². The molecule has 0 radical (unpaired) electrons. The second-order valence-corrected chi connectivity index (χ2v) is 7.09.